The minimum absolute atomic E-state index is 0.00605. The number of halogens is 1. The Morgan fingerprint density at radius 2 is 1.84 bits per heavy atom. The summed E-state index contributed by atoms with van der Waals surface area (Å²) in [4.78, 5) is 10.1. The first kappa shape index (κ1) is 13.1. The van der Waals surface area contributed by atoms with Crippen LogP contribution in [0.2, 0.25) is 5.02 Å². The molecule has 0 heterocycles. The standard InChI is InChI=1S/C14H9ClN2O2/c15-12-3-1-2-11(8-12)14(9-16)10-4-6-13(7-5-10)17(18)19/h1-8,14H. The van der Waals surface area contributed by atoms with Crippen molar-refractivity contribution in [1.29, 1.82) is 5.26 Å². The number of non-ortho nitro benzene ring substituents is 1. The normalized spacial score (nSPS) is 11.6. The zero-order valence-electron chi connectivity index (χ0n) is 9.79. The molecule has 0 N–H and O–H groups in total. The Morgan fingerprint density at radius 3 is 2.37 bits per heavy atom. The molecule has 0 saturated heterocycles. The van der Waals surface area contributed by atoms with E-state index < -0.39 is 10.8 Å². The number of rotatable bonds is 3. The maximum Gasteiger partial charge on any atom is 0.269 e. The van der Waals surface area contributed by atoms with Crippen LogP contribution in [-0.4, -0.2) is 4.92 Å². The van der Waals surface area contributed by atoms with E-state index in [4.69, 9.17) is 11.6 Å². The first-order valence-corrected chi connectivity index (χ1v) is 5.89. The highest BCUT2D eigenvalue weighted by Gasteiger charge is 2.15. The molecule has 0 aliphatic heterocycles. The van der Waals surface area contributed by atoms with Crippen LogP contribution in [0.1, 0.15) is 17.0 Å². The second kappa shape index (κ2) is 5.51. The Balaban J connectivity index is 2.38. The molecule has 2 aromatic rings. The number of benzene rings is 2. The van der Waals surface area contributed by atoms with E-state index >= 15 is 0 Å². The van der Waals surface area contributed by atoms with Crippen LogP contribution in [0.5, 0.6) is 0 Å². The lowest BCUT2D eigenvalue weighted by molar-refractivity contribution is -0.384. The van der Waals surface area contributed by atoms with Gasteiger partial charge < -0.3 is 0 Å². The Kier molecular flexibility index (Phi) is 3.79. The number of nitrogens with zero attached hydrogens (tertiary/aromatic N) is 2. The molecule has 5 heteroatoms. The number of nitro benzene ring substituents is 1. The van der Waals surface area contributed by atoms with Crippen molar-refractivity contribution in [2.24, 2.45) is 0 Å². The summed E-state index contributed by atoms with van der Waals surface area (Å²) in [6.07, 6.45) is 0. The van der Waals surface area contributed by atoms with Crippen LogP contribution >= 0.6 is 11.6 Å². The van der Waals surface area contributed by atoms with Crippen molar-refractivity contribution in [2.75, 3.05) is 0 Å². The van der Waals surface area contributed by atoms with Crippen molar-refractivity contribution >= 4 is 17.3 Å². The molecular weight excluding hydrogens is 264 g/mol. The van der Waals surface area contributed by atoms with Gasteiger partial charge in [-0.3, -0.25) is 10.1 Å². The van der Waals surface area contributed by atoms with Crippen LogP contribution < -0.4 is 0 Å². The van der Waals surface area contributed by atoms with E-state index in [0.717, 1.165) is 5.56 Å². The molecule has 2 aromatic carbocycles. The van der Waals surface area contributed by atoms with Crippen LogP contribution in [0.3, 0.4) is 0 Å². The lowest BCUT2D eigenvalue weighted by Gasteiger charge is -2.09. The zero-order valence-corrected chi connectivity index (χ0v) is 10.5. The van der Waals surface area contributed by atoms with E-state index in [1.54, 1.807) is 36.4 Å². The van der Waals surface area contributed by atoms with E-state index in [2.05, 4.69) is 6.07 Å². The first-order chi connectivity index (χ1) is 9.11. The van der Waals surface area contributed by atoms with Gasteiger partial charge in [-0.1, -0.05) is 35.9 Å². The highest BCUT2D eigenvalue weighted by atomic mass is 35.5. The topological polar surface area (TPSA) is 66.9 Å². The molecule has 19 heavy (non-hydrogen) atoms. The summed E-state index contributed by atoms with van der Waals surface area (Å²) in [5.74, 6) is -0.487. The van der Waals surface area contributed by atoms with Gasteiger partial charge in [0.25, 0.3) is 5.69 Å². The average Bonchev–Trinajstić information content (AvgIpc) is 2.40. The number of hydrogen-bond donors (Lipinski definition) is 0. The average molecular weight is 273 g/mol. The quantitative estimate of drug-likeness (QED) is 0.628. The predicted molar refractivity (Wildman–Crippen MR) is 72.0 cm³/mol. The van der Waals surface area contributed by atoms with E-state index in [1.165, 1.54) is 12.1 Å². The van der Waals surface area contributed by atoms with Gasteiger partial charge in [0.2, 0.25) is 0 Å². The van der Waals surface area contributed by atoms with Gasteiger partial charge in [-0.25, -0.2) is 0 Å². The Labute approximate surface area is 115 Å². The van der Waals surface area contributed by atoms with Crippen molar-refractivity contribution in [3.63, 3.8) is 0 Å². The van der Waals surface area contributed by atoms with Crippen LogP contribution in [0, 0.1) is 21.4 Å². The van der Waals surface area contributed by atoms with E-state index in [1.807, 2.05) is 0 Å². The second-order valence-corrected chi connectivity index (χ2v) is 4.40. The van der Waals surface area contributed by atoms with Crippen LogP contribution in [0.25, 0.3) is 0 Å². The minimum atomic E-state index is -0.487. The summed E-state index contributed by atoms with van der Waals surface area (Å²) in [6.45, 7) is 0. The molecule has 0 amide bonds. The monoisotopic (exact) mass is 272 g/mol. The van der Waals surface area contributed by atoms with Crippen molar-refractivity contribution < 1.29 is 4.92 Å². The first-order valence-electron chi connectivity index (χ1n) is 5.51. The molecule has 0 aliphatic carbocycles. The van der Waals surface area contributed by atoms with E-state index in [9.17, 15) is 15.4 Å². The third-order valence-electron chi connectivity index (χ3n) is 2.75. The van der Waals surface area contributed by atoms with Crippen molar-refractivity contribution in [2.45, 2.75) is 5.92 Å². The zero-order chi connectivity index (χ0) is 13.8. The largest absolute Gasteiger partial charge is 0.269 e. The molecule has 0 saturated carbocycles. The summed E-state index contributed by atoms with van der Waals surface area (Å²) in [5, 5.41) is 20.4. The summed E-state index contributed by atoms with van der Waals surface area (Å²) in [5.41, 5.74) is 1.48. The fourth-order valence-corrected chi connectivity index (χ4v) is 2.01. The molecule has 0 radical (unpaired) electrons. The molecule has 0 aromatic heterocycles. The third-order valence-corrected chi connectivity index (χ3v) is 2.98. The van der Waals surface area contributed by atoms with Gasteiger partial charge in [-0.05, 0) is 23.3 Å². The van der Waals surface area contributed by atoms with E-state index in [0.29, 0.717) is 10.6 Å². The summed E-state index contributed by atoms with van der Waals surface area (Å²) in [6, 6.07) is 15.2. The lowest BCUT2D eigenvalue weighted by Crippen LogP contribution is -1.98. The molecule has 1 unspecified atom stereocenters. The van der Waals surface area contributed by atoms with Crippen LogP contribution in [0.15, 0.2) is 48.5 Å². The van der Waals surface area contributed by atoms with Crippen molar-refractivity contribution in [3.8, 4) is 6.07 Å². The van der Waals surface area contributed by atoms with Crippen LogP contribution in [0.4, 0.5) is 5.69 Å². The number of hydrogen-bond acceptors (Lipinski definition) is 3. The van der Waals surface area contributed by atoms with Crippen LogP contribution in [-0.2, 0) is 0 Å². The Morgan fingerprint density at radius 1 is 1.16 bits per heavy atom. The fourth-order valence-electron chi connectivity index (χ4n) is 1.82. The molecular formula is C14H9ClN2O2. The van der Waals surface area contributed by atoms with E-state index in [-0.39, 0.29) is 5.69 Å². The molecule has 94 valence electrons. The maximum atomic E-state index is 10.6. The Hall–Kier alpha value is -2.38. The summed E-state index contributed by atoms with van der Waals surface area (Å²) < 4.78 is 0. The molecule has 4 nitrogen and oxygen atoms in total. The van der Waals surface area contributed by atoms with Gasteiger partial charge in [0.15, 0.2) is 0 Å². The predicted octanol–water partition coefficient (Wildman–Crippen LogP) is 3.90. The molecule has 0 spiro atoms. The molecule has 0 fully saturated rings. The molecule has 0 aliphatic rings. The second-order valence-electron chi connectivity index (χ2n) is 3.97. The summed E-state index contributed by atoms with van der Waals surface area (Å²) in [7, 11) is 0. The highest BCUT2D eigenvalue weighted by molar-refractivity contribution is 6.30. The Bertz CT molecular complexity index is 647. The summed E-state index contributed by atoms with van der Waals surface area (Å²) >= 11 is 5.90. The van der Waals surface area contributed by atoms with Crippen molar-refractivity contribution in [3.05, 3.63) is 74.8 Å². The highest BCUT2D eigenvalue weighted by Crippen LogP contribution is 2.27. The fraction of sp³-hybridized carbons (Fsp3) is 0.0714. The number of nitriles is 1. The maximum absolute atomic E-state index is 10.6. The van der Waals surface area contributed by atoms with Crippen molar-refractivity contribution in [1.82, 2.24) is 0 Å². The number of nitro groups is 1. The van der Waals surface area contributed by atoms with Gasteiger partial charge in [-0.2, -0.15) is 5.26 Å². The molecule has 2 rings (SSSR count). The van der Waals surface area contributed by atoms with Gasteiger partial charge >= 0.3 is 0 Å². The lowest BCUT2D eigenvalue weighted by atomic mass is 9.92. The third kappa shape index (κ3) is 2.90. The van der Waals surface area contributed by atoms with Gasteiger partial charge in [-0.15, -0.1) is 0 Å². The SMILES string of the molecule is N#CC(c1ccc([N+](=O)[O-])cc1)c1cccc(Cl)c1. The van der Waals surface area contributed by atoms with Gasteiger partial charge in [0.05, 0.1) is 16.9 Å². The molecule has 1 atom stereocenters. The smallest absolute Gasteiger partial charge is 0.258 e. The van der Waals surface area contributed by atoms with Gasteiger partial charge in [0, 0.05) is 17.2 Å². The molecule has 0 bridgehead atoms. The minimum Gasteiger partial charge on any atom is -0.258 e. The van der Waals surface area contributed by atoms with Gasteiger partial charge in [0.1, 0.15) is 0 Å².